The average molecular weight is 287 g/mol. The molecule has 1 atom stereocenters. The normalized spacial score (nSPS) is 18.9. The Morgan fingerprint density at radius 1 is 1.45 bits per heavy atom. The van der Waals surface area contributed by atoms with Gasteiger partial charge >= 0.3 is 0 Å². The average Bonchev–Trinajstić information content (AvgIpc) is 2.41. The second kappa shape index (κ2) is 10.1. The molecule has 0 radical (unpaired) electrons. The first-order valence-corrected chi connectivity index (χ1v) is 7.48. The molecule has 0 aromatic heterocycles. The molecule has 0 aromatic rings. The third-order valence-electron chi connectivity index (χ3n) is 3.43. The van der Waals surface area contributed by atoms with Gasteiger partial charge in [0.05, 0.1) is 19.3 Å². The molecule has 0 saturated carbocycles. The van der Waals surface area contributed by atoms with Gasteiger partial charge in [0.2, 0.25) is 5.91 Å². The third-order valence-corrected chi connectivity index (χ3v) is 3.43. The van der Waals surface area contributed by atoms with E-state index in [-0.39, 0.29) is 11.9 Å². The van der Waals surface area contributed by atoms with E-state index in [0.29, 0.717) is 25.8 Å². The lowest BCUT2D eigenvalue weighted by Gasteiger charge is -2.31. The third kappa shape index (κ3) is 7.19. The Balaban J connectivity index is 2.13. The SMILES string of the molecule is COCC(C)NC(=O)CN1CCC(OCCCN)CC1. The molecule has 20 heavy (non-hydrogen) atoms. The van der Waals surface area contributed by atoms with Gasteiger partial charge in [-0.2, -0.15) is 0 Å². The zero-order valence-corrected chi connectivity index (χ0v) is 12.8. The summed E-state index contributed by atoms with van der Waals surface area (Å²) in [5, 5.41) is 2.93. The second-order valence-corrected chi connectivity index (χ2v) is 5.41. The van der Waals surface area contributed by atoms with Crippen molar-refractivity contribution in [3.8, 4) is 0 Å². The molecule has 118 valence electrons. The van der Waals surface area contributed by atoms with Crippen molar-refractivity contribution in [3.63, 3.8) is 0 Å². The van der Waals surface area contributed by atoms with Crippen LogP contribution >= 0.6 is 0 Å². The number of carbonyl (C=O) groups excluding carboxylic acids is 1. The van der Waals surface area contributed by atoms with Crippen LogP contribution in [-0.4, -0.2) is 69.5 Å². The van der Waals surface area contributed by atoms with E-state index in [1.54, 1.807) is 7.11 Å². The summed E-state index contributed by atoms with van der Waals surface area (Å²) in [5.41, 5.74) is 5.44. The predicted octanol–water partition coefficient (Wildman–Crippen LogP) is -0.0327. The van der Waals surface area contributed by atoms with Gasteiger partial charge in [-0.1, -0.05) is 0 Å². The van der Waals surface area contributed by atoms with Crippen LogP contribution in [0.1, 0.15) is 26.2 Å². The van der Waals surface area contributed by atoms with Gasteiger partial charge < -0.3 is 20.5 Å². The fourth-order valence-electron chi connectivity index (χ4n) is 2.38. The minimum absolute atomic E-state index is 0.0598. The number of nitrogens with two attached hydrogens (primary N) is 1. The van der Waals surface area contributed by atoms with Crippen LogP contribution in [-0.2, 0) is 14.3 Å². The highest BCUT2D eigenvalue weighted by atomic mass is 16.5. The summed E-state index contributed by atoms with van der Waals surface area (Å²) < 4.78 is 10.8. The van der Waals surface area contributed by atoms with E-state index in [0.717, 1.165) is 39.0 Å². The van der Waals surface area contributed by atoms with Crippen LogP contribution in [0.15, 0.2) is 0 Å². The van der Waals surface area contributed by atoms with Crippen molar-refractivity contribution < 1.29 is 14.3 Å². The number of amides is 1. The van der Waals surface area contributed by atoms with Crippen molar-refractivity contribution in [3.05, 3.63) is 0 Å². The first-order valence-electron chi connectivity index (χ1n) is 7.48. The molecule has 6 nitrogen and oxygen atoms in total. The Labute approximate surface area is 122 Å². The fourth-order valence-corrected chi connectivity index (χ4v) is 2.38. The highest BCUT2D eigenvalue weighted by Gasteiger charge is 2.21. The summed E-state index contributed by atoms with van der Waals surface area (Å²) >= 11 is 0. The summed E-state index contributed by atoms with van der Waals surface area (Å²) in [6.07, 6.45) is 3.23. The Hall–Kier alpha value is -0.690. The van der Waals surface area contributed by atoms with Crippen LogP contribution in [0, 0.1) is 0 Å². The molecule has 1 unspecified atom stereocenters. The maximum Gasteiger partial charge on any atom is 0.234 e. The van der Waals surface area contributed by atoms with Gasteiger partial charge in [-0.25, -0.2) is 0 Å². The molecule has 1 aliphatic rings. The van der Waals surface area contributed by atoms with Crippen molar-refractivity contribution in [1.29, 1.82) is 0 Å². The van der Waals surface area contributed by atoms with Crippen LogP contribution in [0.25, 0.3) is 0 Å². The second-order valence-electron chi connectivity index (χ2n) is 5.41. The molecule has 1 aliphatic heterocycles. The number of nitrogens with zero attached hydrogens (tertiary/aromatic N) is 1. The maximum atomic E-state index is 11.8. The van der Waals surface area contributed by atoms with E-state index >= 15 is 0 Å². The molecule has 0 aromatic carbocycles. The van der Waals surface area contributed by atoms with Crippen molar-refractivity contribution in [2.24, 2.45) is 5.73 Å². The topological polar surface area (TPSA) is 76.8 Å². The van der Waals surface area contributed by atoms with Crippen LogP contribution in [0.3, 0.4) is 0 Å². The fraction of sp³-hybridized carbons (Fsp3) is 0.929. The summed E-state index contributed by atoms with van der Waals surface area (Å²) in [5.74, 6) is 0.0667. The number of piperidine rings is 1. The van der Waals surface area contributed by atoms with Gasteiger partial charge in [0, 0.05) is 32.8 Å². The van der Waals surface area contributed by atoms with Gasteiger partial charge in [-0.15, -0.1) is 0 Å². The van der Waals surface area contributed by atoms with Gasteiger partial charge in [-0.3, -0.25) is 9.69 Å². The van der Waals surface area contributed by atoms with Crippen LogP contribution < -0.4 is 11.1 Å². The number of carbonyl (C=O) groups is 1. The first-order chi connectivity index (χ1) is 9.65. The molecule has 1 fully saturated rings. The van der Waals surface area contributed by atoms with Crippen LogP contribution in [0.2, 0.25) is 0 Å². The summed E-state index contributed by atoms with van der Waals surface area (Å²) in [6.45, 7) is 6.21. The van der Waals surface area contributed by atoms with Gasteiger partial charge in [-0.05, 0) is 32.7 Å². The standard InChI is InChI=1S/C14H29N3O3/c1-12(11-19-2)16-14(18)10-17-7-4-13(5-8-17)20-9-3-6-15/h12-13H,3-11,15H2,1-2H3,(H,16,18). The predicted molar refractivity (Wildman–Crippen MR) is 78.6 cm³/mol. The minimum Gasteiger partial charge on any atom is -0.383 e. The quantitative estimate of drug-likeness (QED) is 0.582. The number of hydrogen-bond acceptors (Lipinski definition) is 5. The highest BCUT2D eigenvalue weighted by molar-refractivity contribution is 5.78. The number of hydrogen-bond donors (Lipinski definition) is 2. The van der Waals surface area contributed by atoms with Crippen molar-refractivity contribution in [1.82, 2.24) is 10.2 Å². The number of rotatable bonds is 9. The molecule has 1 heterocycles. The molecule has 1 saturated heterocycles. The molecular weight excluding hydrogens is 258 g/mol. The van der Waals surface area contributed by atoms with E-state index in [1.165, 1.54) is 0 Å². The van der Waals surface area contributed by atoms with E-state index in [9.17, 15) is 4.79 Å². The van der Waals surface area contributed by atoms with E-state index < -0.39 is 0 Å². The number of nitrogens with one attached hydrogen (secondary N) is 1. The summed E-state index contributed by atoms with van der Waals surface area (Å²) in [7, 11) is 1.64. The van der Waals surface area contributed by atoms with Gasteiger partial charge in [0.25, 0.3) is 0 Å². The molecule has 0 spiro atoms. The Morgan fingerprint density at radius 2 is 2.15 bits per heavy atom. The Kier molecular flexibility index (Phi) is 8.77. The highest BCUT2D eigenvalue weighted by Crippen LogP contribution is 2.13. The Morgan fingerprint density at radius 3 is 2.75 bits per heavy atom. The van der Waals surface area contributed by atoms with E-state index in [1.807, 2.05) is 6.92 Å². The lowest BCUT2D eigenvalue weighted by atomic mass is 10.1. The molecule has 1 amide bonds. The molecule has 0 bridgehead atoms. The van der Waals surface area contributed by atoms with E-state index in [2.05, 4.69) is 10.2 Å². The number of methoxy groups -OCH3 is 1. The minimum atomic E-state index is 0.0598. The molecule has 6 heteroatoms. The smallest absolute Gasteiger partial charge is 0.234 e. The van der Waals surface area contributed by atoms with E-state index in [4.69, 9.17) is 15.2 Å². The molecule has 0 aliphatic carbocycles. The van der Waals surface area contributed by atoms with Crippen molar-refractivity contribution >= 4 is 5.91 Å². The lowest BCUT2D eigenvalue weighted by Crippen LogP contribution is -2.45. The van der Waals surface area contributed by atoms with Gasteiger partial charge in [0.15, 0.2) is 0 Å². The van der Waals surface area contributed by atoms with Crippen molar-refractivity contribution in [2.75, 3.05) is 46.5 Å². The molecule has 3 N–H and O–H groups in total. The monoisotopic (exact) mass is 287 g/mol. The van der Waals surface area contributed by atoms with Gasteiger partial charge in [0.1, 0.15) is 0 Å². The lowest BCUT2D eigenvalue weighted by molar-refractivity contribution is -0.123. The summed E-state index contributed by atoms with van der Waals surface area (Å²) in [6, 6.07) is 0.0598. The zero-order chi connectivity index (χ0) is 14.8. The number of ether oxygens (including phenoxy) is 2. The maximum absolute atomic E-state index is 11.8. The van der Waals surface area contributed by atoms with Crippen LogP contribution in [0.5, 0.6) is 0 Å². The van der Waals surface area contributed by atoms with Crippen molar-refractivity contribution in [2.45, 2.75) is 38.3 Å². The Bertz CT molecular complexity index is 268. The molecular formula is C14H29N3O3. The number of likely N-dealkylation sites (tertiary alicyclic amines) is 1. The molecule has 1 rings (SSSR count). The zero-order valence-electron chi connectivity index (χ0n) is 12.8. The first kappa shape index (κ1) is 17.4. The largest absolute Gasteiger partial charge is 0.383 e. The summed E-state index contributed by atoms with van der Waals surface area (Å²) in [4.78, 5) is 14.0. The van der Waals surface area contributed by atoms with Crippen LogP contribution in [0.4, 0.5) is 0 Å².